The largest absolute Gasteiger partial charge is 0.480 e. The Morgan fingerprint density at radius 1 is 1.36 bits per heavy atom. The lowest BCUT2D eigenvalue weighted by Crippen LogP contribution is -2.41. The molecule has 2 rings (SSSR count). The summed E-state index contributed by atoms with van der Waals surface area (Å²) >= 11 is 5.51. The Kier molecular flexibility index (Phi) is 4.42. The van der Waals surface area contributed by atoms with Gasteiger partial charge in [0.25, 0.3) is 0 Å². The van der Waals surface area contributed by atoms with E-state index in [0.29, 0.717) is 10.4 Å². The van der Waals surface area contributed by atoms with Gasteiger partial charge in [0.2, 0.25) is 10.0 Å². The zero-order valence-corrected chi connectivity index (χ0v) is 12.5. The van der Waals surface area contributed by atoms with E-state index in [0.717, 1.165) is 12.1 Å². The predicted molar refractivity (Wildman–Crippen MR) is 71.0 cm³/mol. The molecule has 1 atom stereocenters. The lowest BCUT2D eigenvalue weighted by molar-refractivity contribution is -0.140. The summed E-state index contributed by atoms with van der Waals surface area (Å²) in [6, 6.07) is 0.926. The number of nitrogens with zero attached hydrogens (tertiary/aromatic N) is 1. The highest BCUT2D eigenvalue weighted by Crippen LogP contribution is 2.38. The maximum Gasteiger partial charge on any atom is 0.417 e. The standard InChI is InChI=1S/C12H11ClF3NO4S/c13-7-3-4-10(8(6-7)12(14,15)16)22(20,21)17-5-1-2-9(17)11(18)19/h3-4,6,9H,1-2,5H2,(H,18,19). The second-order valence-corrected chi connectivity index (χ2v) is 7.05. The van der Waals surface area contributed by atoms with Gasteiger partial charge in [-0.2, -0.15) is 17.5 Å². The molecule has 1 aromatic rings. The topological polar surface area (TPSA) is 74.7 Å². The van der Waals surface area contributed by atoms with Crippen molar-refractivity contribution < 1.29 is 31.5 Å². The van der Waals surface area contributed by atoms with Crippen molar-refractivity contribution in [2.45, 2.75) is 30.0 Å². The van der Waals surface area contributed by atoms with E-state index in [2.05, 4.69) is 0 Å². The molecule has 5 nitrogen and oxygen atoms in total. The van der Waals surface area contributed by atoms with Crippen molar-refractivity contribution in [1.82, 2.24) is 4.31 Å². The summed E-state index contributed by atoms with van der Waals surface area (Å²) in [5.41, 5.74) is -1.41. The van der Waals surface area contributed by atoms with Crippen molar-refractivity contribution in [3.8, 4) is 0 Å². The Morgan fingerprint density at radius 3 is 2.55 bits per heavy atom. The Labute approximate surface area is 129 Å². The van der Waals surface area contributed by atoms with E-state index in [1.54, 1.807) is 0 Å². The molecule has 122 valence electrons. The van der Waals surface area contributed by atoms with Gasteiger partial charge >= 0.3 is 12.1 Å². The highest BCUT2D eigenvalue weighted by molar-refractivity contribution is 7.89. The van der Waals surface area contributed by atoms with Crippen molar-refractivity contribution in [2.24, 2.45) is 0 Å². The SMILES string of the molecule is O=C(O)C1CCCN1S(=O)(=O)c1ccc(Cl)cc1C(F)(F)F. The number of sulfonamides is 1. The van der Waals surface area contributed by atoms with Crippen LogP contribution in [-0.4, -0.2) is 36.4 Å². The minimum Gasteiger partial charge on any atom is -0.480 e. The van der Waals surface area contributed by atoms with Gasteiger partial charge in [0, 0.05) is 11.6 Å². The molecule has 10 heteroatoms. The van der Waals surface area contributed by atoms with Gasteiger partial charge in [-0.15, -0.1) is 0 Å². The first kappa shape index (κ1) is 17.0. The fourth-order valence-electron chi connectivity index (χ4n) is 2.35. The van der Waals surface area contributed by atoms with Gasteiger partial charge < -0.3 is 5.11 Å². The molecule has 0 saturated carbocycles. The lowest BCUT2D eigenvalue weighted by atomic mass is 10.2. The maximum atomic E-state index is 13.0. The molecular formula is C12H11ClF3NO4S. The summed E-state index contributed by atoms with van der Waals surface area (Å²) in [4.78, 5) is 10.1. The monoisotopic (exact) mass is 357 g/mol. The Balaban J connectivity index is 2.58. The van der Waals surface area contributed by atoms with E-state index in [1.165, 1.54) is 0 Å². The fourth-order valence-corrected chi connectivity index (χ4v) is 4.37. The first-order chi connectivity index (χ1) is 10.0. The number of carboxylic acids is 1. The molecule has 1 fully saturated rings. The average Bonchev–Trinajstić information content (AvgIpc) is 2.87. The number of hydrogen-bond donors (Lipinski definition) is 1. The molecule has 22 heavy (non-hydrogen) atoms. The van der Waals surface area contributed by atoms with E-state index in [-0.39, 0.29) is 24.4 Å². The summed E-state index contributed by atoms with van der Waals surface area (Å²) in [6.45, 7) is -0.140. The number of benzene rings is 1. The van der Waals surface area contributed by atoms with Crippen molar-refractivity contribution in [2.75, 3.05) is 6.54 Å². The zero-order valence-electron chi connectivity index (χ0n) is 11.0. The first-order valence-corrected chi connectivity index (χ1v) is 7.98. The number of aliphatic carboxylic acids is 1. The highest BCUT2D eigenvalue weighted by atomic mass is 35.5. The second-order valence-electron chi connectivity index (χ2n) is 4.75. The molecule has 0 aliphatic carbocycles. The minimum atomic E-state index is -4.92. The van der Waals surface area contributed by atoms with Crippen LogP contribution in [0.3, 0.4) is 0 Å². The van der Waals surface area contributed by atoms with Gasteiger partial charge in [0.1, 0.15) is 6.04 Å². The summed E-state index contributed by atoms with van der Waals surface area (Å²) < 4.78 is 64.6. The van der Waals surface area contributed by atoms with Crippen LogP contribution in [0.1, 0.15) is 18.4 Å². The Bertz CT molecular complexity index is 705. The number of halogens is 4. The Morgan fingerprint density at radius 2 is 2.00 bits per heavy atom. The lowest BCUT2D eigenvalue weighted by Gasteiger charge is -2.23. The zero-order chi connectivity index (χ0) is 16.7. The summed E-state index contributed by atoms with van der Waals surface area (Å²) in [5, 5.41) is 8.76. The van der Waals surface area contributed by atoms with Crippen LogP contribution >= 0.6 is 11.6 Å². The quantitative estimate of drug-likeness (QED) is 0.902. The number of rotatable bonds is 3. The molecular weight excluding hydrogens is 347 g/mol. The maximum absolute atomic E-state index is 13.0. The third-order valence-corrected chi connectivity index (χ3v) is 5.52. The van der Waals surface area contributed by atoms with Crippen molar-refractivity contribution in [3.05, 3.63) is 28.8 Å². The number of hydrogen-bond acceptors (Lipinski definition) is 3. The molecule has 1 aromatic carbocycles. The van der Waals surface area contributed by atoms with E-state index < -0.39 is 38.7 Å². The summed E-state index contributed by atoms with van der Waals surface area (Å²) in [7, 11) is -4.59. The van der Waals surface area contributed by atoms with Crippen LogP contribution in [0.25, 0.3) is 0 Å². The Hall–Kier alpha value is -1.32. The third-order valence-electron chi connectivity index (χ3n) is 3.32. The fraction of sp³-hybridized carbons (Fsp3) is 0.417. The number of carboxylic acid groups (broad SMARTS) is 1. The molecule has 1 aliphatic rings. The van der Waals surface area contributed by atoms with Gasteiger partial charge in [-0.05, 0) is 31.0 Å². The molecule has 1 N–H and O–H groups in total. The van der Waals surface area contributed by atoms with E-state index in [9.17, 15) is 26.4 Å². The van der Waals surface area contributed by atoms with E-state index in [1.807, 2.05) is 0 Å². The molecule has 1 saturated heterocycles. The molecule has 0 amide bonds. The van der Waals surface area contributed by atoms with Crippen molar-refractivity contribution >= 4 is 27.6 Å². The number of alkyl halides is 3. The first-order valence-electron chi connectivity index (χ1n) is 6.16. The van der Waals surface area contributed by atoms with Gasteiger partial charge in [-0.3, -0.25) is 4.79 Å². The normalized spacial score (nSPS) is 20.3. The average molecular weight is 358 g/mol. The van der Waals surface area contributed by atoms with Gasteiger partial charge in [-0.25, -0.2) is 8.42 Å². The van der Waals surface area contributed by atoms with Gasteiger partial charge in [0.15, 0.2) is 0 Å². The van der Waals surface area contributed by atoms with Gasteiger partial charge in [-0.1, -0.05) is 11.6 Å². The minimum absolute atomic E-state index is 0.0590. The van der Waals surface area contributed by atoms with Crippen LogP contribution in [0.5, 0.6) is 0 Å². The molecule has 0 spiro atoms. The molecule has 1 aliphatic heterocycles. The third kappa shape index (κ3) is 3.06. The second kappa shape index (κ2) is 5.71. The number of carbonyl (C=O) groups is 1. The predicted octanol–water partition coefficient (Wildman–Crippen LogP) is 2.60. The molecule has 1 heterocycles. The smallest absolute Gasteiger partial charge is 0.417 e. The van der Waals surface area contributed by atoms with Crippen molar-refractivity contribution in [1.29, 1.82) is 0 Å². The van der Waals surface area contributed by atoms with Crippen LogP contribution in [0.15, 0.2) is 23.1 Å². The van der Waals surface area contributed by atoms with Crippen LogP contribution in [0, 0.1) is 0 Å². The van der Waals surface area contributed by atoms with Crippen LogP contribution in [0.4, 0.5) is 13.2 Å². The summed E-state index contributed by atoms with van der Waals surface area (Å²) in [5.74, 6) is -1.39. The van der Waals surface area contributed by atoms with Crippen molar-refractivity contribution in [3.63, 3.8) is 0 Å². The van der Waals surface area contributed by atoms with E-state index >= 15 is 0 Å². The van der Waals surface area contributed by atoms with Crippen LogP contribution in [0.2, 0.25) is 5.02 Å². The van der Waals surface area contributed by atoms with E-state index in [4.69, 9.17) is 16.7 Å². The van der Waals surface area contributed by atoms with Crippen LogP contribution in [-0.2, 0) is 21.0 Å². The van der Waals surface area contributed by atoms with Crippen LogP contribution < -0.4 is 0 Å². The van der Waals surface area contributed by atoms with Gasteiger partial charge in [0.05, 0.1) is 10.5 Å². The molecule has 0 radical (unpaired) electrons. The molecule has 0 bridgehead atoms. The molecule has 0 aromatic heterocycles. The summed E-state index contributed by atoms with van der Waals surface area (Å²) in [6.07, 6.45) is -4.60. The molecule has 1 unspecified atom stereocenters. The highest BCUT2D eigenvalue weighted by Gasteiger charge is 2.44.